The van der Waals surface area contributed by atoms with Crippen molar-refractivity contribution in [3.8, 4) is 5.75 Å². The Labute approximate surface area is 200 Å². The molecule has 1 rings (SSSR count). The van der Waals surface area contributed by atoms with Crippen molar-refractivity contribution >= 4 is 24.1 Å². The third-order valence-electron chi connectivity index (χ3n) is 5.05. The molecule has 1 aromatic rings. The Morgan fingerprint density at radius 2 is 1.53 bits per heavy atom. The second kappa shape index (κ2) is 15.5. The Morgan fingerprint density at radius 3 is 2.00 bits per heavy atom. The number of hydrogen-bond donors (Lipinski definition) is 1. The predicted octanol–water partition coefficient (Wildman–Crippen LogP) is 4.18. The predicted molar refractivity (Wildman–Crippen MR) is 123 cm³/mol. The molecule has 0 bridgehead atoms. The fourth-order valence-electron chi connectivity index (χ4n) is 3.09. The average molecular weight is 482 g/mol. The topological polar surface area (TPSA) is 129 Å². The van der Waals surface area contributed by atoms with Crippen LogP contribution in [-0.4, -0.2) is 61.6 Å². The number of carboxylic acids is 1. The number of benzene rings is 1. The number of methoxy groups -OCH3 is 2. The van der Waals surface area contributed by atoms with E-state index < -0.39 is 36.5 Å². The SMILES string of the molecule is CCCCOC(=O)N(Cc1cc(OC)ccc1C[C@H](CC(=O)O)C(=O)OC)C(=O)OCCCC. The van der Waals surface area contributed by atoms with Crippen molar-refractivity contribution in [1.29, 1.82) is 0 Å². The van der Waals surface area contributed by atoms with E-state index in [4.69, 9.17) is 18.9 Å². The van der Waals surface area contributed by atoms with E-state index >= 15 is 0 Å². The van der Waals surface area contributed by atoms with Gasteiger partial charge in [0.15, 0.2) is 0 Å². The summed E-state index contributed by atoms with van der Waals surface area (Å²) in [5, 5.41) is 9.20. The van der Waals surface area contributed by atoms with Crippen LogP contribution in [0.2, 0.25) is 0 Å². The van der Waals surface area contributed by atoms with Crippen molar-refractivity contribution in [2.24, 2.45) is 5.92 Å². The summed E-state index contributed by atoms with van der Waals surface area (Å²) in [4.78, 5) is 49.7. The van der Waals surface area contributed by atoms with Crippen LogP contribution in [0.25, 0.3) is 0 Å². The first kappa shape index (κ1) is 28.7. The molecule has 0 spiro atoms. The van der Waals surface area contributed by atoms with Crippen molar-refractivity contribution in [3.63, 3.8) is 0 Å². The minimum atomic E-state index is -1.15. The molecule has 0 aliphatic carbocycles. The number of imide groups is 1. The van der Waals surface area contributed by atoms with Gasteiger partial charge in [0.05, 0.1) is 46.3 Å². The molecule has 0 aromatic heterocycles. The highest BCUT2D eigenvalue weighted by Gasteiger charge is 2.28. The molecule has 0 aliphatic rings. The molecule has 190 valence electrons. The molecule has 0 heterocycles. The van der Waals surface area contributed by atoms with Crippen LogP contribution in [0.3, 0.4) is 0 Å². The summed E-state index contributed by atoms with van der Waals surface area (Å²) in [6.45, 7) is 4.00. The van der Waals surface area contributed by atoms with E-state index in [9.17, 15) is 24.3 Å². The van der Waals surface area contributed by atoms with Gasteiger partial charge in [0.1, 0.15) is 5.75 Å². The van der Waals surface area contributed by atoms with Gasteiger partial charge in [-0.3, -0.25) is 9.59 Å². The molecule has 0 radical (unpaired) electrons. The maximum absolute atomic E-state index is 12.7. The highest BCUT2D eigenvalue weighted by Crippen LogP contribution is 2.24. The van der Waals surface area contributed by atoms with Gasteiger partial charge in [0.2, 0.25) is 0 Å². The van der Waals surface area contributed by atoms with Gasteiger partial charge in [0, 0.05) is 0 Å². The number of amides is 2. The maximum atomic E-state index is 12.7. The molecule has 0 aliphatic heterocycles. The number of carbonyl (C=O) groups excluding carboxylic acids is 3. The van der Waals surface area contributed by atoms with Crippen molar-refractivity contribution < 1.29 is 43.2 Å². The van der Waals surface area contributed by atoms with Crippen LogP contribution in [0.5, 0.6) is 5.75 Å². The second-order valence-corrected chi connectivity index (χ2v) is 7.68. The summed E-state index contributed by atoms with van der Waals surface area (Å²) in [6.07, 6.45) is 0.814. The number of aliphatic carboxylic acids is 1. The number of nitrogens with zero attached hydrogens (tertiary/aromatic N) is 1. The summed E-state index contributed by atoms with van der Waals surface area (Å²) >= 11 is 0. The van der Waals surface area contributed by atoms with Gasteiger partial charge in [-0.05, 0) is 42.5 Å². The number of esters is 1. The molecule has 10 nitrogen and oxygen atoms in total. The molecule has 0 unspecified atom stereocenters. The third-order valence-corrected chi connectivity index (χ3v) is 5.05. The third kappa shape index (κ3) is 9.68. The first-order valence-electron chi connectivity index (χ1n) is 11.3. The van der Waals surface area contributed by atoms with Crippen molar-refractivity contribution in [3.05, 3.63) is 29.3 Å². The fourth-order valence-corrected chi connectivity index (χ4v) is 3.09. The van der Waals surface area contributed by atoms with Crippen molar-refractivity contribution in [2.75, 3.05) is 27.4 Å². The Hall–Kier alpha value is -3.30. The van der Waals surface area contributed by atoms with Crippen LogP contribution in [-0.2, 0) is 36.8 Å². The van der Waals surface area contributed by atoms with Gasteiger partial charge >= 0.3 is 24.1 Å². The number of ether oxygens (including phenoxy) is 4. The Morgan fingerprint density at radius 1 is 0.941 bits per heavy atom. The molecule has 0 saturated carbocycles. The number of hydrogen-bond acceptors (Lipinski definition) is 8. The van der Waals surface area contributed by atoms with Gasteiger partial charge < -0.3 is 24.1 Å². The lowest BCUT2D eigenvalue weighted by molar-refractivity contribution is -0.150. The molecule has 34 heavy (non-hydrogen) atoms. The summed E-state index contributed by atoms with van der Waals surface area (Å²) in [6, 6.07) is 4.93. The van der Waals surface area contributed by atoms with E-state index in [1.165, 1.54) is 14.2 Å². The van der Waals surface area contributed by atoms with Gasteiger partial charge in [-0.25, -0.2) is 14.5 Å². The molecule has 2 amide bonds. The number of unbranched alkanes of at least 4 members (excludes halogenated alkanes) is 2. The monoisotopic (exact) mass is 481 g/mol. The first-order valence-corrected chi connectivity index (χ1v) is 11.3. The standard InChI is InChI=1S/C24H35NO9/c1-5-7-11-33-23(29)25(24(30)34-12-8-6-2)16-19-14-20(31-3)10-9-17(19)13-18(15-21(26)27)22(28)32-4/h9-10,14,18H,5-8,11-13,15-16H2,1-4H3,(H,26,27)/t18-/m1/s1. The summed E-state index contributed by atoms with van der Waals surface area (Å²) in [7, 11) is 2.66. The van der Waals surface area contributed by atoms with Crippen LogP contribution in [0.4, 0.5) is 9.59 Å². The molecule has 0 fully saturated rings. The lowest BCUT2D eigenvalue weighted by Gasteiger charge is -2.23. The molecule has 0 saturated heterocycles. The van der Waals surface area contributed by atoms with E-state index in [0.29, 0.717) is 29.7 Å². The zero-order valence-corrected chi connectivity index (χ0v) is 20.3. The zero-order valence-electron chi connectivity index (χ0n) is 20.3. The van der Waals surface area contributed by atoms with Crippen molar-refractivity contribution in [1.82, 2.24) is 4.90 Å². The number of carbonyl (C=O) groups is 4. The van der Waals surface area contributed by atoms with Crippen LogP contribution in [0.15, 0.2) is 18.2 Å². The maximum Gasteiger partial charge on any atom is 0.419 e. The largest absolute Gasteiger partial charge is 0.497 e. The molecule has 10 heteroatoms. The van der Waals surface area contributed by atoms with E-state index in [1.807, 2.05) is 13.8 Å². The van der Waals surface area contributed by atoms with Crippen LogP contribution >= 0.6 is 0 Å². The van der Waals surface area contributed by atoms with Crippen LogP contribution in [0, 0.1) is 5.92 Å². The van der Waals surface area contributed by atoms with Crippen LogP contribution < -0.4 is 4.74 Å². The minimum Gasteiger partial charge on any atom is -0.497 e. The van der Waals surface area contributed by atoms with E-state index in [-0.39, 0.29) is 26.2 Å². The summed E-state index contributed by atoms with van der Waals surface area (Å²) in [5.41, 5.74) is 1.05. The highest BCUT2D eigenvalue weighted by atomic mass is 16.6. The number of rotatable bonds is 14. The zero-order chi connectivity index (χ0) is 25.5. The smallest absolute Gasteiger partial charge is 0.419 e. The lowest BCUT2D eigenvalue weighted by atomic mass is 9.92. The van der Waals surface area contributed by atoms with Gasteiger partial charge in [-0.2, -0.15) is 0 Å². The molecular weight excluding hydrogens is 446 g/mol. The molecule has 1 N–H and O–H groups in total. The van der Waals surface area contributed by atoms with Crippen molar-refractivity contribution in [2.45, 2.75) is 58.9 Å². The minimum absolute atomic E-state index is 0.0297. The Kier molecular flexibility index (Phi) is 13.1. The van der Waals surface area contributed by atoms with Gasteiger partial charge in [-0.15, -0.1) is 0 Å². The van der Waals surface area contributed by atoms with Crippen LogP contribution in [0.1, 0.15) is 57.1 Å². The molecule has 1 atom stereocenters. The van der Waals surface area contributed by atoms with E-state index in [2.05, 4.69) is 0 Å². The normalized spacial score (nSPS) is 11.3. The van der Waals surface area contributed by atoms with E-state index in [0.717, 1.165) is 17.7 Å². The Bertz CT molecular complexity index is 803. The second-order valence-electron chi connectivity index (χ2n) is 7.68. The average Bonchev–Trinajstić information content (AvgIpc) is 2.82. The van der Waals surface area contributed by atoms with E-state index in [1.54, 1.807) is 18.2 Å². The van der Waals surface area contributed by atoms with Gasteiger partial charge in [0.25, 0.3) is 0 Å². The first-order chi connectivity index (χ1) is 16.3. The quantitative estimate of drug-likeness (QED) is 0.236. The highest BCUT2D eigenvalue weighted by molar-refractivity contribution is 5.87. The number of carboxylic acid groups (broad SMARTS) is 1. The summed E-state index contributed by atoms with van der Waals surface area (Å²) in [5.74, 6) is -2.30. The fraction of sp³-hybridized carbons (Fsp3) is 0.583. The molecule has 1 aromatic carbocycles. The summed E-state index contributed by atoms with van der Waals surface area (Å²) < 4.78 is 20.5. The van der Waals surface area contributed by atoms with Gasteiger partial charge in [-0.1, -0.05) is 32.8 Å². The Balaban J connectivity index is 3.26. The molecular formula is C24H35NO9. The lowest BCUT2D eigenvalue weighted by Crippen LogP contribution is -2.38.